The summed E-state index contributed by atoms with van der Waals surface area (Å²) in [6, 6.07) is 3.84. The van der Waals surface area contributed by atoms with E-state index < -0.39 is 0 Å². The molecule has 0 aliphatic carbocycles. The van der Waals surface area contributed by atoms with Gasteiger partial charge in [-0.2, -0.15) is 0 Å². The average Bonchev–Trinajstić information content (AvgIpc) is 2.91. The minimum absolute atomic E-state index is 0.627. The average molecular weight is 267 g/mol. The molecule has 3 rings (SSSR count). The van der Waals surface area contributed by atoms with Crippen molar-refractivity contribution in [3.05, 3.63) is 42.0 Å². The van der Waals surface area contributed by atoms with E-state index in [4.69, 9.17) is 10.7 Å². The van der Waals surface area contributed by atoms with Gasteiger partial charge in [-0.3, -0.25) is 4.98 Å². The van der Waals surface area contributed by atoms with Crippen LogP contribution in [-0.2, 0) is 12.8 Å². The van der Waals surface area contributed by atoms with Crippen LogP contribution in [0.5, 0.6) is 0 Å². The summed E-state index contributed by atoms with van der Waals surface area (Å²) in [4.78, 5) is 16.6. The zero-order valence-corrected chi connectivity index (χ0v) is 11.4. The Bertz CT molecular complexity index is 718. The van der Waals surface area contributed by atoms with Gasteiger partial charge in [0.1, 0.15) is 5.65 Å². The van der Waals surface area contributed by atoms with E-state index in [0.717, 1.165) is 41.0 Å². The number of nitrogens with one attached hydrogen (secondary N) is 1. The highest BCUT2D eigenvalue weighted by Crippen LogP contribution is 2.24. The van der Waals surface area contributed by atoms with Crippen molar-refractivity contribution >= 4 is 11.0 Å². The molecule has 102 valence electrons. The van der Waals surface area contributed by atoms with Crippen LogP contribution in [0.15, 0.2) is 30.7 Å². The van der Waals surface area contributed by atoms with Crippen LogP contribution in [0.3, 0.4) is 0 Å². The summed E-state index contributed by atoms with van der Waals surface area (Å²) < 4.78 is 0. The maximum atomic E-state index is 5.66. The minimum Gasteiger partial charge on any atom is -0.346 e. The van der Waals surface area contributed by atoms with Crippen molar-refractivity contribution in [1.82, 2.24) is 19.9 Å². The molecule has 0 bridgehead atoms. The Morgan fingerprint density at radius 1 is 1.20 bits per heavy atom. The zero-order valence-electron chi connectivity index (χ0n) is 11.4. The first-order valence-electron chi connectivity index (χ1n) is 6.80. The molecule has 0 fully saturated rings. The smallest absolute Gasteiger partial charge is 0.161 e. The van der Waals surface area contributed by atoms with Crippen LogP contribution >= 0.6 is 0 Å². The molecule has 20 heavy (non-hydrogen) atoms. The standard InChI is InChI=1S/C15H17N5/c1-2-12-13-11(3-6-16)9-18-15(13)20-14(19-12)10-4-7-17-8-5-10/h4-5,7-9H,2-3,6,16H2,1H3,(H,18,19,20). The second-order valence-corrected chi connectivity index (χ2v) is 4.66. The summed E-state index contributed by atoms with van der Waals surface area (Å²) in [5.41, 5.74) is 9.78. The molecule has 0 aromatic carbocycles. The van der Waals surface area contributed by atoms with Crippen molar-refractivity contribution in [3.63, 3.8) is 0 Å². The number of H-pyrrole nitrogens is 1. The molecule has 5 nitrogen and oxygen atoms in total. The molecule has 3 heterocycles. The summed E-state index contributed by atoms with van der Waals surface area (Å²) in [6.07, 6.45) is 7.20. The largest absolute Gasteiger partial charge is 0.346 e. The fraction of sp³-hybridized carbons (Fsp3) is 0.267. The van der Waals surface area contributed by atoms with Crippen molar-refractivity contribution in [2.45, 2.75) is 19.8 Å². The molecule has 0 radical (unpaired) electrons. The number of aromatic amines is 1. The summed E-state index contributed by atoms with van der Waals surface area (Å²) >= 11 is 0. The summed E-state index contributed by atoms with van der Waals surface area (Å²) in [6.45, 7) is 2.74. The van der Waals surface area contributed by atoms with Crippen LogP contribution in [0, 0.1) is 0 Å². The zero-order chi connectivity index (χ0) is 13.9. The highest BCUT2D eigenvalue weighted by Gasteiger charge is 2.13. The molecular formula is C15H17N5. The van der Waals surface area contributed by atoms with E-state index in [1.165, 1.54) is 5.56 Å². The number of rotatable bonds is 4. The fourth-order valence-corrected chi connectivity index (χ4v) is 2.42. The van der Waals surface area contributed by atoms with Gasteiger partial charge in [-0.15, -0.1) is 0 Å². The van der Waals surface area contributed by atoms with E-state index in [2.05, 4.69) is 21.9 Å². The van der Waals surface area contributed by atoms with Crippen LogP contribution < -0.4 is 5.73 Å². The minimum atomic E-state index is 0.627. The van der Waals surface area contributed by atoms with E-state index in [9.17, 15) is 0 Å². The van der Waals surface area contributed by atoms with Crippen molar-refractivity contribution in [1.29, 1.82) is 0 Å². The number of pyridine rings is 1. The third kappa shape index (κ3) is 2.16. The van der Waals surface area contributed by atoms with Gasteiger partial charge in [-0.1, -0.05) is 6.92 Å². The van der Waals surface area contributed by atoms with E-state index in [-0.39, 0.29) is 0 Å². The number of aryl methyl sites for hydroxylation is 1. The monoisotopic (exact) mass is 267 g/mol. The van der Waals surface area contributed by atoms with Gasteiger partial charge in [0.2, 0.25) is 0 Å². The highest BCUT2D eigenvalue weighted by molar-refractivity contribution is 5.84. The molecule has 3 aromatic rings. The summed E-state index contributed by atoms with van der Waals surface area (Å²) in [7, 11) is 0. The predicted molar refractivity (Wildman–Crippen MR) is 79.3 cm³/mol. The highest BCUT2D eigenvalue weighted by atomic mass is 15.0. The molecule has 0 amide bonds. The molecule has 3 aromatic heterocycles. The van der Waals surface area contributed by atoms with Crippen LogP contribution in [-0.4, -0.2) is 26.5 Å². The van der Waals surface area contributed by atoms with Gasteiger partial charge in [-0.25, -0.2) is 9.97 Å². The van der Waals surface area contributed by atoms with Gasteiger partial charge in [0.25, 0.3) is 0 Å². The lowest BCUT2D eigenvalue weighted by Crippen LogP contribution is -2.03. The Labute approximate surface area is 117 Å². The third-order valence-electron chi connectivity index (χ3n) is 3.38. The van der Waals surface area contributed by atoms with E-state index in [1.807, 2.05) is 18.3 Å². The first kappa shape index (κ1) is 12.7. The van der Waals surface area contributed by atoms with Gasteiger partial charge in [0.15, 0.2) is 5.82 Å². The number of hydrogen-bond acceptors (Lipinski definition) is 4. The third-order valence-corrected chi connectivity index (χ3v) is 3.38. The first-order chi connectivity index (χ1) is 9.83. The molecule has 0 spiro atoms. The lowest BCUT2D eigenvalue weighted by molar-refractivity contribution is 0.969. The molecule has 0 unspecified atom stereocenters. The SMILES string of the molecule is CCc1nc(-c2ccncc2)nc2[nH]cc(CCN)c12. The Balaban J connectivity index is 2.19. The topological polar surface area (TPSA) is 80.5 Å². The molecular weight excluding hydrogens is 250 g/mol. The van der Waals surface area contributed by atoms with Crippen LogP contribution in [0.1, 0.15) is 18.2 Å². The second kappa shape index (κ2) is 5.38. The number of nitrogens with two attached hydrogens (primary N) is 1. The van der Waals surface area contributed by atoms with Gasteiger partial charge in [-0.05, 0) is 37.1 Å². The van der Waals surface area contributed by atoms with Crippen molar-refractivity contribution in [2.75, 3.05) is 6.54 Å². The van der Waals surface area contributed by atoms with Crippen LogP contribution in [0.4, 0.5) is 0 Å². The lowest BCUT2D eigenvalue weighted by atomic mass is 10.1. The van der Waals surface area contributed by atoms with Gasteiger partial charge >= 0.3 is 0 Å². The van der Waals surface area contributed by atoms with Gasteiger partial charge < -0.3 is 10.7 Å². The van der Waals surface area contributed by atoms with Crippen molar-refractivity contribution in [2.24, 2.45) is 5.73 Å². The predicted octanol–water partition coefficient (Wildman–Crippen LogP) is 2.08. The van der Waals surface area contributed by atoms with Crippen molar-refractivity contribution in [3.8, 4) is 11.4 Å². The molecule has 0 aliphatic heterocycles. The van der Waals surface area contributed by atoms with Crippen LogP contribution in [0.25, 0.3) is 22.4 Å². The Kier molecular flexibility index (Phi) is 3.43. The quantitative estimate of drug-likeness (QED) is 0.758. The van der Waals surface area contributed by atoms with E-state index in [1.54, 1.807) is 12.4 Å². The Hall–Kier alpha value is -2.27. The fourth-order valence-electron chi connectivity index (χ4n) is 2.42. The van der Waals surface area contributed by atoms with Crippen LogP contribution in [0.2, 0.25) is 0 Å². The van der Waals surface area contributed by atoms with E-state index >= 15 is 0 Å². The molecule has 0 aliphatic rings. The summed E-state index contributed by atoms with van der Waals surface area (Å²) in [5.74, 6) is 0.734. The number of fused-ring (bicyclic) bond motifs is 1. The molecule has 0 saturated heterocycles. The molecule has 3 N–H and O–H groups in total. The summed E-state index contributed by atoms with van der Waals surface area (Å²) in [5, 5.41) is 1.12. The normalized spacial score (nSPS) is 11.1. The number of aromatic nitrogens is 4. The second-order valence-electron chi connectivity index (χ2n) is 4.66. The van der Waals surface area contributed by atoms with Gasteiger partial charge in [0.05, 0.1) is 5.69 Å². The van der Waals surface area contributed by atoms with Gasteiger partial charge in [0, 0.05) is 29.5 Å². The Morgan fingerprint density at radius 3 is 2.70 bits per heavy atom. The Morgan fingerprint density at radius 2 is 2.00 bits per heavy atom. The van der Waals surface area contributed by atoms with Crippen molar-refractivity contribution < 1.29 is 0 Å². The van der Waals surface area contributed by atoms with E-state index in [0.29, 0.717) is 6.54 Å². The molecule has 0 saturated carbocycles. The maximum absolute atomic E-state index is 5.66. The number of nitrogens with zero attached hydrogens (tertiary/aromatic N) is 3. The maximum Gasteiger partial charge on any atom is 0.161 e. The molecule has 5 heteroatoms. The molecule has 0 atom stereocenters. The lowest BCUT2D eigenvalue weighted by Gasteiger charge is -2.06. The first-order valence-corrected chi connectivity index (χ1v) is 6.80. The number of hydrogen-bond donors (Lipinski definition) is 2.